The number of hydrogen-bond acceptors (Lipinski definition) is 6. The molecule has 2 heterocycles. The Bertz CT molecular complexity index is 761. The number of nitrogens with zero attached hydrogens (tertiary/aromatic N) is 4. The molecule has 0 saturated carbocycles. The molecule has 0 bridgehead atoms. The lowest BCUT2D eigenvalue weighted by Gasteiger charge is -2.28. The van der Waals surface area contributed by atoms with Gasteiger partial charge in [-0.1, -0.05) is 17.7 Å². The van der Waals surface area contributed by atoms with Crippen molar-refractivity contribution in [1.29, 1.82) is 0 Å². The maximum Gasteiger partial charge on any atom is 0.234 e. The Kier molecular flexibility index (Phi) is 7.45. The topological polar surface area (TPSA) is 70.6 Å². The number of amides is 1. The zero-order valence-electron chi connectivity index (χ0n) is 16.1. The first-order valence-electron chi connectivity index (χ1n) is 9.50. The summed E-state index contributed by atoms with van der Waals surface area (Å²) < 4.78 is 5.58. The minimum absolute atomic E-state index is 0.0127. The van der Waals surface area contributed by atoms with Crippen molar-refractivity contribution in [2.75, 3.05) is 44.7 Å². The fourth-order valence-corrected chi connectivity index (χ4v) is 3.60. The van der Waals surface area contributed by atoms with Crippen LogP contribution in [-0.2, 0) is 4.79 Å². The standard InChI is InChI=1S/C20H26ClN5O2/c1-25(14-17-6-4-11-26(17)19-8-3-9-23-24-19)15-20(27)22-10-12-28-18-7-2-5-16(21)13-18/h2-3,5,7-9,13,17H,4,6,10-12,14-15H2,1H3,(H,22,27). The summed E-state index contributed by atoms with van der Waals surface area (Å²) in [6.07, 6.45) is 3.90. The van der Waals surface area contributed by atoms with Crippen molar-refractivity contribution in [3.05, 3.63) is 47.6 Å². The molecule has 3 rings (SSSR count). The molecule has 1 aromatic heterocycles. The van der Waals surface area contributed by atoms with Crippen molar-refractivity contribution in [1.82, 2.24) is 20.4 Å². The number of anilines is 1. The molecular weight excluding hydrogens is 378 g/mol. The van der Waals surface area contributed by atoms with E-state index in [0.717, 1.165) is 31.7 Å². The highest BCUT2D eigenvalue weighted by atomic mass is 35.5. The van der Waals surface area contributed by atoms with Gasteiger partial charge in [0.05, 0.1) is 13.1 Å². The largest absolute Gasteiger partial charge is 0.492 e. The summed E-state index contributed by atoms with van der Waals surface area (Å²) in [4.78, 5) is 16.5. The van der Waals surface area contributed by atoms with E-state index in [1.807, 2.05) is 36.2 Å². The van der Waals surface area contributed by atoms with E-state index in [2.05, 4.69) is 20.4 Å². The van der Waals surface area contributed by atoms with Gasteiger partial charge in [0.15, 0.2) is 5.82 Å². The lowest BCUT2D eigenvalue weighted by Crippen LogP contribution is -2.43. The molecular formula is C20H26ClN5O2. The third-order valence-corrected chi connectivity index (χ3v) is 4.89. The Balaban J connectivity index is 1.37. The van der Waals surface area contributed by atoms with Crippen molar-refractivity contribution < 1.29 is 9.53 Å². The smallest absolute Gasteiger partial charge is 0.234 e. The van der Waals surface area contributed by atoms with Crippen molar-refractivity contribution in [2.45, 2.75) is 18.9 Å². The number of likely N-dealkylation sites (N-methyl/N-ethyl adjacent to an activating group) is 1. The molecule has 7 nitrogen and oxygen atoms in total. The Hall–Kier alpha value is -2.38. The zero-order chi connectivity index (χ0) is 19.8. The van der Waals surface area contributed by atoms with Crippen LogP contribution in [0.3, 0.4) is 0 Å². The number of hydrogen-bond donors (Lipinski definition) is 1. The second-order valence-corrected chi connectivity index (χ2v) is 7.36. The van der Waals surface area contributed by atoms with Crippen molar-refractivity contribution in [2.24, 2.45) is 0 Å². The molecule has 1 fully saturated rings. The number of carbonyl (C=O) groups excluding carboxylic acids is 1. The SMILES string of the molecule is CN(CC(=O)NCCOc1cccc(Cl)c1)CC1CCCN1c1cccnn1. The van der Waals surface area contributed by atoms with Crippen LogP contribution in [0.25, 0.3) is 0 Å². The van der Waals surface area contributed by atoms with E-state index in [1.54, 1.807) is 18.3 Å². The average molecular weight is 404 g/mol. The van der Waals surface area contributed by atoms with E-state index in [9.17, 15) is 4.79 Å². The molecule has 1 atom stereocenters. The predicted molar refractivity (Wildman–Crippen MR) is 110 cm³/mol. The lowest BCUT2D eigenvalue weighted by molar-refractivity contribution is -0.122. The molecule has 1 aliphatic rings. The maximum atomic E-state index is 12.2. The van der Waals surface area contributed by atoms with Gasteiger partial charge >= 0.3 is 0 Å². The normalized spacial score (nSPS) is 16.4. The summed E-state index contributed by atoms with van der Waals surface area (Å²) in [6, 6.07) is 11.5. The summed E-state index contributed by atoms with van der Waals surface area (Å²) in [5.74, 6) is 1.59. The Morgan fingerprint density at radius 1 is 1.39 bits per heavy atom. The Labute approximate surface area is 170 Å². The molecule has 0 spiro atoms. The van der Waals surface area contributed by atoms with Gasteiger partial charge in [0.1, 0.15) is 12.4 Å². The summed E-state index contributed by atoms with van der Waals surface area (Å²) in [5, 5.41) is 11.7. The van der Waals surface area contributed by atoms with Gasteiger partial charge < -0.3 is 15.0 Å². The number of aromatic nitrogens is 2. The highest BCUT2D eigenvalue weighted by Gasteiger charge is 2.27. The van der Waals surface area contributed by atoms with Crippen LogP contribution in [0.5, 0.6) is 5.75 Å². The Morgan fingerprint density at radius 2 is 2.29 bits per heavy atom. The van der Waals surface area contributed by atoms with Crippen molar-refractivity contribution >= 4 is 23.3 Å². The van der Waals surface area contributed by atoms with Gasteiger partial charge in [0.25, 0.3) is 0 Å². The van der Waals surface area contributed by atoms with E-state index < -0.39 is 0 Å². The van der Waals surface area contributed by atoms with Crippen LogP contribution in [0.4, 0.5) is 5.82 Å². The molecule has 8 heteroatoms. The molecule has 28 heavy (non-hydrogen) atoms. The van der Waals surface area contributed by atoms with Gasteiger partial charge in [0.2, 0.25) is 5.91 Å². The first-order chi connectivity index (χ1) is 13.6. The lowest BCUT2D eigenvalue weighted by atomic mass is 10.2. The second-order valence-electron chi connectivity index (χ2n) is 6.92. The number of ether oxygens (including phenoxy) is 1. The van der Waals surface area contributed by atoms with E-state index in [1.165, 1.54) is 0 Å². The molecule has 2 aromatic rings. The van der Waals surface area contributed by atoms with Crippen LogP contribution < -0.4 is 15.0 Å². The number of carbonyl (C=O) groups is 1. The summed E-state index contributed by atoms with van der Waals surface area (Å²) >= 11 is 5.92. The highest BCUT2D eigenvalue weighted by Crippen LogP contribution is 2.23. The third kappa shape index (κ3) is 6.07. The average Bonchev–Trinajstić information content (AvgIpc) is 3.14. The fourth-order valence-electron chi connectivity index (χ4n) is 3.42. The van der Waals surface area contributed by atoms with Crippen molar-refractivity contribution in [3.63, 3.8) is 0 Å². The van der Waals surface area contributed by atoms with E-state index in [4.69, 9.17) is 16.3 Å². The molecule has 1 saturated heterocycles. The van der Waals surface area contributed by atoms with Gasteiger partial charge in [-0.3, -0.25) is 9.69 Å². The molecule has 150 valence electrons. The second kappa shape index (κ2) is 10.2. The number of halogens is 1. The van der Waals surface area contributed by atoms with Gasteiger partial charge in [-0.25, -0.2) is 0 Å². The van der Waals surface area contributed by atoms with Gasteiger partial charge in [-0.05, 0) is 50.2 Å². The van der Waals surface area contributed by atoms with Gasteiger partial charge in [-0.15, -0.1) is 5.10 Å². The van der Waals surface area contributed by atoms with Gasteiger partial charge in [-0.2, -0.15) is 5.10 Å². The summed E-state index contributed by atoms with van der Waals surface area (Å²) in [5.41, 5.74) is 0. The highest BCUT2D eigenvalue weighted by molar-refractivity contribution is 6.30. The minimum Gasteiger partial charge on any atom is -0.492 e. The van der Waals surface area contributed by atoms with E-state index >= 15 is 0 Å². The molecule has 0 aliphatic carbocycles. The quantitative estimate of drug-likeness (QED) is 0.647. The summed E-state index contributed by atoms with van der Waals surface area (Å²) in [7, 11) is 1.97. The maximum absolute atomic E-state index is 12.2. The van der Waals surface area contributed by atoms with Crippen LogP contribution in [0.1, 0.15) is 12.8 Å². The fraction of sp³-hybridized carbons (Fsp3) is 0.450. The summed E-state index contributed by atoms with van der Waals surface area (Å²) in [6.45, 7) is 2.99. The molecule has 1 aromatic carbocycles. The van der Waals surface area contributed by atoms with Crippen LogP contribution in [0.2, 0.25) is 5.02 Å². The molecule has 1 amide bonds. The molecule has 1 aliphatic heterocycles. The minimum atomic E-state index is -0.0127. The molecule has 1 unspecified atom stereocenters. The van der Waals surface area contributed by atoms with E-state index in [-0.39, 0.29) is 5.91 Å². The number of nitrogens with one attached hydrogen (secondary N) is 1. The predicted octanol–water partition coefficient (Wildman–Crippen LogP) is 2.23. The van der Waals surface area contributed by atoms with Gasteiger partial charge in [0, 0.05) is 30.4 Å². The van der Waals surface area contributed by atoms with Crippen LogP contribution in [0.15, 0.2) is 42.6 Å². The first kappa shape index (κ1) is 20.4. The first-order valence-corrected chi connectivity index (χ1v) is 9.87. The number of benzene rings is 1. The zero-order valence-corrected chi connectivity index (χ0v) is 16.8. The third-order valence-electron chi connectivity index (χ3n) is 4.65. The van der Waals surface area contributed by atoms with E-state index in [0.29, 0.717) is 36.5 Å². The van der Waals surface area contributed by atoms with Crippen LogP contribution >= 0.6 is 11.6 Å². The Morgan fingerprint density at radius 3 is 3.07 bits per heavy atom. The monoisotopic (exact) mass is 403 g/mol. The van der Waals surface area contributed by atoms with Crippen LogP contribution in [-0.4, -0.2) is 66.9 Å². The molecule has 1 N–H and O–H groups in total. The van der Waals surface area contributed by atoms with Crippen LogP contribution in [0, 0.1) is 0 Å². The van der Waals surface area contributed by atoms with Crippen molar-refractivity contribution in [3.8, 4) is 5.75 Å². The molecule has 0 radical (unpaired) electrons. The number of rotatable bonds is 9.